The van der Waals surface area contributed by atoms with Crippen LogP contribution in [0.25, 0.3) is 0 Å². The summed E-state index contributed by atoms with van der Waals surface area (Å²) in [5, 5.41) is 0. The van der Waals surface area contributed by atoms with Crippen LogP contribution in [0.3, 0.4) is 0 Å². The highest BCUT2D eigenvalue weighted by Crippen LogP contribution is 2.42. The van der Waals surface area contributed by atoms with Gasteiger partial charge in [0.25, 0.3) is 16.6 Å². The van der Waals surface area contributed by atoms with Crippen LogP contribution in [0, 0.1) is 0 Å². The maximum atomic E-state index is 6.87. The van der Waals surface area contributed by atoms with E-state index in [1.807, 2.05) is 0 Å². The molecule has 0 saturated heterocycles. The minimum Gasteiger partial charge on any atom is -0.543 e. The number of unbranched alkanes of at least 4 members (excludes halogenated alkanes) is 1. The SMILES string of the molecule is CC(C)[Si](CCCC[Si](Oc1ccccc1)(C(C)C)C(C)C)(Oc1ccccc1)C(C)C. The maximum Gasteiger partial charge on any atom is 0.256 e. The molecule has 0 aromatic heterocycles. The van der Waals surface area contributed by atoms with Gasteiger partial charge in [0.05, 0.1) is 0 Å². The molecule has 2 rings (SSSR count). The average Bonchev–Trinajstić information content (AvgIpc) is 2.75. The molecule has 0 bridgehead atoms. The summed E-state index contributed by atoms with van der Waals surface area (Å²) in [6.45, 7) is 19.0. The number of rotatable bonds is 13. The molecule has 0 fully saturated rings. The third-order valence-electron chi connectivity index (χ3n) is 7.40. The Bertz CT molecular complexity index is 689. The van der Waals surface area contributed by atoms with E-state index in [1.165, 1.54) is 24.9 Å². The second-order valence-electron chi connectivity index (χ2n) is 10.6. The highest BCUT2D eigenvalue weighted by atomic mass is 28.4. The maximum absolute atomic E-state index is 6.87. The van der Waals surface area contributed by atoms with Gasteiger partial charge in [0.2, 0.25) is 0 Å². The summed E-state index contributed by atoms with van der Waals surface area (Å²) in [6, 6.07) is 23.4. The largest absolute Gasteiger partial charge is 0.543 e. The lowest BCUT2D eigenvalue weighted by Crippen LogP contribution is -2.49. The van der Waals surface area contributed by atoms with E-state index in [4.69, 9.17) is 8.85 Å². The van der Waals surface area contributed by atoms with Gasteiger partial charge in [-0.05, 0) is 58.5 Å². The Morgan fingerprint density at radius 2 is 0.781 bits per heavy atom. The van der Waals surface area contributed by atoms with Gasteiger partial charge in [-0.1, -0.05) is 105 Å². The van der Waals surface area contributed by atoms with E-state index in [9.17, 15) is 0 Å². The van der Waals surface area contributed by atoms with Gasteiger partial charge in [0.15, 0.2) is 0 Å². The minimum absolute atomic E-state index is 0.584. The normalized spacial score (nSPS) is 12.8. The molecule has 0 spiro atoms. The van der Waals surface area contributed by atoms with E-state index < -0.39 is 16.6 Å². The van der Waals surface area contributed by atoms with Crippen LogP contribution in [0.2, 0.25) is 34.3 Å². The topological polar surface area (TPSA) is 18.5 Å². The minimum atomic E-state index is -1.94. The quantitative estimate of drug-likeness (QED) is 0.214. The fourth-order valence-electron chi connectivity index (χ4n) is 5.28. The van der Waals surface area contributed by atoms with Crippen LogP contribution in [0.5, 0.6) is 11.5 Å². The first-order valence-corrected chi connectivity index (χ1v) is 17.2. The Morgan fingerprint density at radius 3 is 1.03 bits per heavy atom. The van der Waals surface area contributed by atoms with Crippen LogP contribution in [0.1, 0.15) is 68.2 Å². The zero-order chi connectivity index (χ0) is 23.8. The average molecular weight is 471 g/mol. The van der Waals surface area contributed by atoms with E-state index >= 15 is 0 Å². The first-order chi connectivity index (χ1) is 15.1. The summed E-state index contributed by atoms with van der Waals surface area (Å²) < 4.78 is 13.7. The van der Waals surface area contributed by atoms with Crippen molar-refractivity contribution in [1.29, 1.82) is 0 Å². The molecule has 0 N–H and O–H groups in total. The van der Waals surface area contributed by atoms with Gasteiger partial charge in [0, 0.05) is 0 Å². The fourth-order valence-corrected chi connectivity index (χ4v) is 14.2. The van der Waals surface area contributed by atoms with Gasteiger partial charge >= 0.3 is 0 Å². The molecule has 0 aliphatic carbocycles. The zero-order valence-electron chi connectivity index (χ0n) is 21.7. The smallest absolute Gasteiger partial charge is 0.256 e. The second kappa shape index (κ2) is 12.1. The predicted molar refractivity (Wildman–Crippen MR) is 145 cm³/mol. The Hall–Kier alpha value is -1.53. The molecule has 0 amide bonds. The zero-order valence-corrected chi connectivity index (χ0v) is 23.7. The van der Waals surface area contributed by atoms with Crippen molar-refractivity contribution in [3.05, 3.63) is 60.7 Å². The van der Waals surface area contributed by atoms with Crippen molar-refractivity contribution in [1.82, 2.24) is 0 Å². The molecule has 0 aliphatic heterocycles. The third kappa shape index (κ3) is 6.51. The molecule has 0 aliphatic rings. The van der Waals surface area contributed by atoms with Crippen LogP contribution in [0.4, 0.5) is 0 Å². The summed E-state index contributed by atoms with van der Waals surface area (Å²) in [5.41, 5.74) is 2.34. The standard InChI is InChI=1S/C28H46O2Si2/c1-23(2)31(24(3)4,29-27-17-11-9-12-18-27)21-15-16-22-32(25(5)6,26(7)8)30-28-19-13-10-14-20-28/h9-14,17-20,23-26H,15-16,21-22H2,1-8H3. The van der Waals surface area contributed by atoms with Crippen molar-refractivity contribution < 1.29 is 8.85 Å². The van der Waals surface area contributed by atoms with Crippen molar-refractivity contribution in [2.24, 2.45) is 0 Å². The molecule has 2 nitrogen and oxygen atoms in total. The number of benzene rings is 2. The van der Waals surface area contributed by atoms with Crippen molar-refractivity contribution >= 4 is 16.6 Å². The van der Waals surface area contributed by atoms with E-state index in [0.29, 0.717) is 22.2 Å². The summed E-state index contributed by atoms with van der Waals surface area (Å²) in [5.74, 6) is 2.09. The highest BCUT2D eigenvalue weighted by Gasteiger charge is 2.45. The van der Waals surface area contributed by atoms with E-state index in [1.54, 1.807) is 0 Å². The lowest BCUT2D eigenvalue weighted by Gasteiger charge is -2.41. The lowest BCUT2D eigenvalue weighted by molar-refractivity contribution is 0.480. The number of para-hydroxylation sites is 2. The molecule has 32 heavy (non-hydrogen) atoms. The molecule has 2 aromatic rings. The van der Waals surface area contributed by atoms with Crippen LogP contribution in [-0.4, -0.2) is 16.6 Å². The summed E-state index contributed by atoms with van der Waals surface area (Å²) in [7, 11) is -3.88. The van der Waals surface area contributed by atoms with E-state index in [0.717, 1.165) is 11.5 Å². The third-order valence-corrected chi connectivity index (χ3v) is 18.7. The van der Waals surface area contributed by atoms with Gasteiger partial charge in [-0.3, -0.25) is 0 Å². The molecular weight excluding hydrogens is 424 g/mol. The Labute approximate surface area is 200 Å². The van der Waals surface area contributed by atoms with Crippen molar-refractivity contribution in [2.45, 2.75) is 102 Å². The predicted octanol–water partition coefficient (Wildman–Crippen LogP) is 9.46. The van der Waals surface area contributed by atoms with Crippen LogP contribution in [-0.2, 0) is 0 Å². The summed E-state index contributed by atoms with van der Waals surface area (Å²) in [6.07, 6.45) is 2.45. The van der Waals surface area contributed by atoms with Crippen LogP contribution < -0.4 is 8.85 Å². The molecule has 0 radical (unpaired) electrons. The number of hydrogen-bond acceptors (Lipinski definition) is 2. The lowest BCUT2D eigenvalue weighted by atomic mass is 10.3. The molecule has 2 aromatic carbocycles. The molecule has 0 atom stereocenters. The van der Waals surface area contributed by atoms with Gasteiger partial charge in [-0.2, -0.15) is 0 Å². The molecule has 0 unspecified atom stereocenters. The van der Waals surface area contributed by atoms with Gasteiger partial charge in [0.1, 0.15) is 11.5 Å². The first-order valence-electron chi connectivity index (χ1n) is 12.6. The summed E-state index contributed by atoms with van der Waals surface area (Å²) >= 11 is 0. The van der Waals surface area contributed by atoms with Gasteiger partial charge in [-0.25, -0.2) is 0 Å². The highest BCUT2D eigenvalue weighted by molar-refractivity contribution is 6.77. The van der Waals surface area contributed by atoms with E-state index in [2.05, 4.69) is 116 Å². The van der Waals surface area contributed by atoms with Crippen LogP contribution in [0.15, 0.2) is 60.7 Å². The monoisotopic (exact) mass is 470 g/mol. The van der Waals surface area contributed by atoms with Crippen molar-refractivity contribution in [3.8, 4) is 11.5 Å². The summed E-state index contributed by atoms with van der Waals surface area (Å²) in [4.78, 5) is 0. The molecule has 178 valence electrons. The van der Waals surface area contributed by atoms with Gasteiger partial charge in [-0.15, -0.1) is 0 Å². The molecule has 0 saturated carbocycles. The second-order valence-corrected chi connectivity index (χ2v) is 20.4. The van der Waals surface area contributed by atoms with Crippen LogP contribution >= 0.6 is 0 Å². The molecule has 4 heteroatoms. The first kappa shape index (κ1) is 26.7. The van der Waals surface area contributed by atoms with Gasteiger partial charge < -0.3 is 8.85 Å². The van der Waals surface area contributed by atoms with Crippen molar-refractivity contribution in [3.63, 3.8) is 0 Å². The Balaban J connectivity index is 2.14. The fraction of sp³-hybridized carbons (Fsp3) is 0.571. The molecule has 0 heterocycles. The van der Waals surface area contributed by atoms with E-state index in [-0.39, 0.29) is 0 Å². The van der Waals surface area contributed by atoms with Crippen molar-refractivity contribution in [2.75, 3.05) is 0 Å². The molecular formula is C28H46O2Si2. The Kier molecular flexibility index (Phi) is 10.1. The number of hydrogen-bond donors (Lipinski definition) is 0. The Morgan fingerprint density at radius 1 is 0.500 bits per heavy atom.